The molecule has 0 heterocycles. The van der Waals surface area contributed by atoms with Crippen molar-refractivity contribution in [3.05, 3.63) is 69.5 Å². The molecule has 2 aromatic carbocycles. The normalized spacial score (nSPS) is 13.2. The Labute approximate surface area is 141 Å². The first-order valence-electron chi connectivity index (χ1n) is 6.51. The van der Waals surface area contributed by atoms with Gasteiger partial charge in [-0.05, 0) is 42.8 Å². The van der Waals surface area contributed by atoms with E-state index in [1.807, 2.05) is 0 Å². The van der Waals surface area contributed by atoms with Crippen molar-refractivity contribution >= 4 is 35.1 Å². The first kappa shape index (κ1) is 17.2. The third kappa shape index (κ3) is 3.63. The van der Waals surface area contributed by atoms with Crippen molar-refractivity contribution in [1.82, 2.24) is 5.32 Å². The fourth-order valence-corrected chi connectivity index (χ4v) is 2.43. The van der Waals surface area contributed by atoms with Crippen LogP contribution in [0.1, 0.15) is 22.8 Å². The lowest BCUT2D eigenvalue weighted by Crippen LogP contribution is -2.49. The molecule has 4 nitrogen and oxygen atoms in total. The summed E-state index contributed by atoms with van der Waals surface area (Å²) < 4.78 is 13.6. The molecule has 0 aromatic heterocycles. The number of carboxylic acid groups (broad SMARTS) is 1. The molecule has 1 unspecified atom stereocenters. The number of nitrogens with one attached hydrogen (secondary N) is 1. The molecule has 0 aliphatic heterocycles. The van der Waals surface area contributed by atoms with Crippen molar-refractivity contribution in [2.75, 3.05) is 0 Å². The molecule has 0 aliphatic carbocycles. The van der Waals surface area contributed by atoms with E-state index in [2.05, 4.69) is 5.32 Å². The van der Waals surface area contributed by atoms with Crippen molar-refractivity contribution in [3.8, 4) is 0 Å². The van der Waals surface area contributed by atoms with Gasteiger partial charge in [0.05, 0.1) is 5.02 Å². The van der Waals surface area contributed by atoms with Crippen LogP contribution in [0, 0.1) is 5.82 Å². The van der Waals surface area contributed by atoms with Crippen LogP contribution < -0.4 is 5.32 Å². The Hall–Kier alpha value is -2.11. The molecule has 2 aromatic rings. The number of benzene rings is 2. The molecule has 0 bridgehead atoms. The maximum Gasteiger partial charge on any atom is 0.405 e. The highest BCUT2D eigenvalue weighted by Crippen LogP contribution is 2.28. The minimum Gasteiger partial charge on any atom is -0.465 e. The maximum absolute atomic E-state index is 13.6. The van der Waals surface area contributed by atoms with Crippen LogP contribution in [0.3, 0.4) is 0 Å². The third-order valence-electron chi connectivity index (χ3n) is 3.41. The monoisotopic (exact) mass is 355 g/mol. The van der Waals surface area contributed by atoms with Gasteiger partial charge in [0, 0.05) is 10.6 Å². The number of amides is 1. The van der Waals surface area contributed by atoms with Gasteiger partial charge in [0.25, 0.3) is 0 Å². The van der Waals surface area contributed by atoms with Crippen LogP contribution in [0.15, 0.2) is 42.5 Å². The molecule has 23 heavy (non-hydrogen) atoms. The highest BCUT2D eigenvalue weighted by atomic mass is 35.5. The zero-order valence-electron chi connectivity index (χ0n) is 11.9. The van der Waals surface area contributed by atoms with E-state index < -0.39 is 23.2 Å². The lowest BCUT2D eigenvalue weighted by atomic mass is 9.84. The minimum absolute atomic E-state index is 0.00176. The SMILES string of the molecule is CC(NC(=O)O)(C(=O)c1ccc(Cl)c(F)c1)c1ccc(Cl)cc1. The van der Waals surface area contributed by atoms with Gasteiger partial charge in [-0.15, -0.1) is 0 Å². The van der Waals surface area contributed by atoms with Gasteiger partial charge >= 0.3 is 6.09 Å². The highest BCUT2D eigenvalue weighted by Gasteiger charge is 2.37. The summed E-state index contributed by atoms with van der Waals surface area (Å²) in [5.41, 5.74) is -1.22. The van der Waals surface area contributed by atoms with Gasteiger partial charge in [0.1, 0.15) is 11.4 Å². The average molecular weight is 356 g/mol. The van der Waals surface area contributed by atoms with Crippen LogP contribution in [0.5, 0.6) is 0 Å². The van der Waals surface area contributed by atoms with E-state index in [9.17, 15) is 14.0 Å². The fraction of sp³-hybridized carbons (Fsp3) is 0.125. The summed E-state index contributed by atoms with van der Waals surface area (Å²) in [6.45, 7) is 1.40. The van der Waals surface area contributed by atoms with Crippen LogP contribution in [0.4, 0.5) is 9.18 Å². The summed E-state index contributed by atoms with van der Waals surface area (Å²) in [6.07, 6.45) is -1.38. The number of hydrogen-bond donors (Lipinski definition) is 2. The molecule has 1 amide bonds. The standard InChI is InChI=1S/C16H12Cl2FNO3/c1-16(20-15(22)23,10-3-5-11(17)6-4-10)14(21)9-2-7-12(18)13(19)8-9/h2-8,20H,1H3,(H,22,23). The Kier molecular flexibility index (Phi) is 4.92. The Bertz CT molecular complexity index is 764. The number of halogens is 3. The summed E-state index contributed by atoms with van der Waals surface area (Å²) in [4.78, 5) is 23.9. The molecule has 0 saturated heterocycles. The smallest absolute Gasteiger partial charge is 0.405 e. The summed E-state index contributed by atoms with van der Waals surface area (Å²) in [7, 11) is 0. The zero-order valence-corrected chi connectivity index (χ0v) is 13.5. The number of carbonyl (C=O) groups excluding carboxylic acids is 1. The first-order chi connectivity index (χ1) is 10.7. The fourth-order valence-electron chi connectivity index (χ4n) is 2.18. The Morgan fingerprint density at radius 1 is 1.13 bits per heavy atom. The van der Waals surface area contributed by atoms with Crippen LogP contribution in [0.2, 0.25) is 10.0 Å². The zero-order chi connectivity index (χ0) is 17.2. The molecule has 0 spiro atoms. The molecular weight excluding hydrogens is 344 g/mol. The maximum atomic E-state index is 13.6. The van der Waals surface area contributed by atoms with E-state index >= 15 is 0 Å². The Balaban J connectivity index is 2.52. The van der Waals surface area contributed by atoms with Gasteiger partial charge in [-0.1, -0.05) is 35.3 Å². The summed E-state index contributed by atoms with van der Waals surface area (Å²) in [5.74, 6) is -1.37. The van der Waals surface area contributed by atoms with Crippen molar-refractivity contribution in [2.24, 2.45) is 0 Å². The van der Waals surface area contributed by atoms with Crippen LogP contribution in [-0.4, -0.2) is 17.0 Å². The predicted molar refractivity (Wildman–Crippen MR) is 85.7 cm³/mol. The van der Waals surface area contributed by atoms with Gasteiger partial charge in [0.2, 0.25) is 0 Å². The number of Topliss-reactive ketones (excluding diaryl/α,β-unsaturated/α-hetero) is 1. The highest BCUT2D eigenvalue weighted by molar-refractivity contribution is 6.31. The second-order valence-corrected chi connectivity index (χ2v) is 5.86. The first-order valence-corrected chi connectivity index (χ1v) is 7.26. The molecule has 0 aliphatic rings. The van der Waals surface area contributed by atoms with E-state index in [1.54, 1.807) is 0 Å². The third-order valence-corrected chi connectivity index (χ3v) is 3.97. The van der Waals surface area contributed by atoms with Crippen LogP contribution >= 0.6 is 23.2 Å². The van der Waals surface area contributed by atoms with E-state index in [-0.39, 0.29) is 10.6 Å². The predicted octanol–water partition coefficient (Wildman–Crippen LogP) is 4.50. The quantitative estimate of drug-likeness (QED) is 0.793. The lowest BCUT2D eigenvalue weighted by Gasteiger charge is -2.28. The van der Waals surface area contributed by atoms with Crippen molar-refractivity contribution < 1.29 is 19.1 Å². The number of hydrogen-bond acceptors (Lipinski definition) is 2. The molecule has 0 fully saturated rings. The molecule has 1 atom stereocenters. The Morgan fingerprint density at radius 2 is 1.74 bits per heavy atom. The topological polar surface area (TPSA) is 66.4 Å². The van der Waals surface area contributed by atoms with E-state index in [0.29, 0.717) is 10.6 Å². The number of ketones is 1. The lowest BCUT2D eigenvalue weighted by molar-refractivity contribution is 0.0855. The number of rotatable bonds is 4. The molecule has 2 rings (SSSR count). The Morgan fingerprint density at radius 3 is 2.26 bits per heavy atom. The molecule has 0 saturated carbocycles. The van der Waals surface area contributed by atoms with Gasteiger partial charge in [-0.3, -0.25) is 4.79 Å². The molecule has 0 radical (unpaired) electrons. The van der Waals surface area contributed by atoms with E-state index in [0.717, 1.165) is 6.07 Å². The van der Waals surface area contributed by atoms with Gasteiger partial charge in [0.15, 0.2) is 5.78 Å². The largest absolute Gasteiger partial charge is 0.465 e. The second-order valence-electron chi connectivity index (χ2n) is 5.02. The molecule has 7 heteroatoms. The van der Waals surface area contributed by atoms with Gasteiger partial charge < -0.3 is 10.4 Å². The summed E-state index contributed by atoms with van der Waals surface area (Å²) >= 11 is 11.4. The molecule has 2 N–H and O–H groups in total. The summed E-state index contributed by atoms with van der Waals surface area (Å²) in [6, 6.07) is 9.69. The van der Waals surface area contributed by atoms with E-state index in [4.69, 9.17) is 28.3 Å². The van der Waals surface area contributed by atoms with Crippen LogP contribution in [-0.2, 0) is 5.54 Å². The van der Waals surface area contributed by atoms with E-state index in [1.165, 1.54) is 43.3 Å². The van der Waals surface area contributed by atoms with Crippen molar-refractivity contribution in [2.45, 2.75) is 12.5 Å². The number of carbonyl (C=O) groups is 2. The van der Waals surface area contributed by atoms with Crippen molar-refractivity contribution in [3.63, 3.8) is 0 Å². The van der Waals surface area contributed by atoms with Gasteiger partial charge in [-0.25, -0.2) is 9.18 Å². The van der Waals surface area contributed by atoms with Crippen molar-refractivity contribution in [1.29, 1.82) is 0 Å². The van der Waals surface area contributed by atoms with Gasteiger partial charge in [-0.2, -0.15) is 0 Å². The summed E-state index contributed by atoms with van der Waals surface area (Å²) in [5, 5.41) is 11.6. The minimum atomic E-state index is -1.60. The molecular formula is C16H12Cl2FNO3. The van der Waals surface area contributed by atoms with Crippen LogP contribution in [0.25, 0.3) is 0 Å². The molecule has 120 valence electrons. The average Bonchev–Trinajstić information content (AvgIpc) is 2.49. The second kappa shape index (κ2) is 6.56.